The van der Waals surface area contributed by atoms with Crippen LogP contribution >= 0.6 is 0 Å². The topological polar surface area (TPSA) is 94.3 Å². The van der Waals surface area contributed by atoms with Crippen LogP contribution in [0.3, 0.4) is 0 Å². The van der Waals surface area contributed by atoms with Crippen molar-refractivity contribution in [1.82, 2.24) is 19.5 Å². The fraction of sp³-hybridized carbons (Fsp3) is 0.146. The van der Waals surface area contributed by atoms with E-state index in [0.717, 1.165) is 33.4 Å². The van der Waals surface area contributed by atoms with Crippen LogP contribution in [-0.4, -0.2) is 43.4 Å². The summed E-state index contributed by atoms with van der Waals surface area (Å²) in [5, 5.41) is 15.4. The molecule has 276 valence electrons. The number of aliphatic hydroxyl groups excluding tert-OH is 1. The van der Waals surface area contributed by atoms with Crippen LogP contribution in [-0.2, 0) is 20.6 Å². The van der Waals surface area contributed by atoms with Crippen molar-refractivity contribution in [2.75, 3.05) is 11.9 Å². The minimum atomic E-state index is -0.941. The van der Waals surface area contributed by atoms with Crippen molar-refractivity contribution >= 4 is 17.0 Å². The van der Waals surface area contributed by atoms with E-state index < -0.39 is 29.6 Å². The maximum atomic E-state index is 11.5. The van der Waals surface area contributed by atoms with Crippen molar-refractivity contribution in [1.29, 1.82) is 0 Å². The number of hydrogen-bond donors (Lipinski definition) is 2. The van der Waals surface area contributed by atoms with Gasteiger partial charge in [0.15, 0.2) is 17.0 Å². The molecule has 0 aliphatic carbocycles. The molecule has 1 saturated heterocycles. The van der Waals surface area contributed by atoms with Gasteiger partial charge in [0.2, 0.25) is 0 Å². The van der Waals surface area contributed by atoms with E-state index in [-0.39, 0.29) is 6.61 Å². The highest BCUT2D eigenvalue weighted by molar-refractivity contribution is 5.84. The number of nitrogens with one attached hydrogen (secondary N) is 1. The van der Waals surface area contributed by atoms with Crippen LogP contribution in [0, 0.1) is 0 Å². The molecular formula is C48H41N5O3. The van der Waals surface area contributed by atoms with E-state index in [1.165, 1.54) is 0 Å². The van der Waals surface area contributed by atoms with Gasteiger partial charge in [0.1, 0.15) is 29.8 Å². The first kappa shape index (κ1) is 35.3. The highest BCUT2D eigenvalue weighted by atomic mass is 16.6. The molecule has 3 atom stereocenters. The Morgan fingerprint density at radius 2 is 1.02 bits per heavy atom. The third-order valence-electron chi connectivity index (χ3n) is 10.8. The number of benzene rings is 6. The van der Waals surface area contributed by atoms with Crippen molar-refractivity contribution in [3.63, 3.8) is 0 Å². The monoisotopic (exact) mass is 735 g/mol. The van der Waals surface area contributed by atoms with Gasteiger partial charge in [0, 0.05) is 6.42 Å². The number of aliphatic hydroxyl groups is 1. The van der Waals surface area contributed by atoms with Gasteiger partial charge in [-0.25, -0.2) is 15.0 Å². The number of hydrogen-bond acceptors (Lipinski definition) is 7. The Bertz CT molecular complexity index is 2290. The summed E-state index contributed by atoms with van der Waals surface area (Å²) < 4.78 is 15.6. The summed E-state index contributed by atoms with van der Waals surface area (Å²) in [6.45, 7) is 0.137. The summed E-state index contributed by atoms with van der Waals surface area (Å²) in [6.07, 6.45) is 1.67. The van der Waals surface area contributed by atoms with E-state index in [1.54, 1.807) is 12.7 Å². The Hall–Kier alpha value is -6.45. The van der Waals surface area contributed by atoms with Crippen LogP contribution in [0.4, 0.5) is 5.82 Å². The maximum Gasteiger partial charge on any atom is 0.167 e. The molecule has 0 radical (unpaired) electrons. The Kier molecular flexibility index (Phi) is 9.67. The van der Waals surface area contributed by atoms with E-state index in [0.29, 0.717) is 23.4 Å². The molecule has 8 nitrogen and oxygen atoms in total. The average molecular weight is 736 g/mol. The summed E-state index contributed by atoms with van der Waals surface area (Å²) in [5.41, 5.74) is 5.53. The van der Waals surface area contributed by atoms with Gasteiger partial charge in [-0.3, -0.25) is 4.57 Å². The van der Waals surface area contributed by atoms with Gasteiger partial charge in [-0.15, -0.1) is 0 Å². The van der Waals surface area contributed by atoms with E-state index >= 15 is 0 Å². The quantitative estimate of drug-likeness (QED) is 0.121. The lowest BCUT2D eigenvalue weighted by molar-refractivity contribution is -0.0930. The lowest BCUT2D eigenvalue weighted by Crippen LogP contribution is -2.38. The summed E-state index contributed by atoms with van der Waals surface area (Å²) in [6, 6.07) is 61.8. The van der Waals surface area contributed by atoms with Crippen molar-refractivity contribution in [2.24, 2.45) is 0 Å². The number of fused-ring (bicyclic) bond motifs is 1. The second-order valence-corrected chi connectivity index (χ2v) is 14.0. The molecule has 6 aromatic carbocycles. The number of ether oxygens (including phenoxy) is 2. The Morgan fingerprint density at radius 3 is 1.46 bits per heavy atom. The molecule has 9 rings (SSSR count). The normalized spacial score (nSPS) is 17.2. The number of imidazole rings is 1. The summed E-state index contributed by atoms with van der Waals surface area (Å²) >= 11 is 0. The summed E-state index contributed by atoms with van der Waals surface area (Å²) in [4.78, 5) is 14.3. The van der Waals surface area contributed by atoms with E-state index in [4.69, 9.17) is 24.4 Å². The summed E-state index contributed by atoms with van der Waals surface area (Å²) in [5.74, 6) is 0.571. The standard InChI is InChI=1S/C48H41N5O3/c54-41-31-43(56-42(41)32-55-48(38-25-13-4-14-26-38,39-27-15-5-16-28-39)40-29-17-6-18-30-40)53-34-51-44-45(49-33-50-46(44)53)52-47(35-19-7-1-8-20-35,36-21-9-2-10-22-36)37-23-11-3-12-24-37/h1-30,33-34,41-43,54H,31-32H2,(H,49,50,52). The number of rotatable bonds is 12. The van der Waals surface area contributed by atoms with E-state index in [1.807, 2.05) is 77.4 Å². The number of nitrogens with zero attached hydrogens (tertiary/aromatic N) is 4. The second-order valence-electron chi connectivity index (χ2n) is 14.0. The molecule has 0 bridgehead atoms. The molecule has 1 aliphatic rings. The van der Waals surface area contributed by atoms with Gasteiger partial charge in [-0.05, 0) is 33.4 Å². The largest absolute Gasteiger partial charge is 0.390 e. The van der Waals surface area contributed by atoms with Gasteiger partial charge in [-0.2, -0.15) is 0 Å². The maximum absolute atomic E-state index is 11.5. The Labute approximate surface area is 326 Å². The van der Waals surface area contributed by atoms with Crippen LogP contribution in [0.25, 0.3) is 11.2 Å². The van der Waals surface area contributed by atoms with Crippen LogP contribution in [0.2, 0.25) is 0 Å². The van der Waals surface area contributed by atoms with Crippen molar-refractivity contribution < 1.29 is 14.6 Å². The second kappa shape index (κ2) is 15.4. The highest BCUT2D eigenvalue weighted by Crippen LogP contribution is 2.43. The molecule has 8 heteroatoms. The van der Waals surface area contributed by atoms with Crippen LogP contribution in [0.15, 0.2) is 195 Å². The first-order chi connectivity index (χ1) is 27.7. The highest BCUT2D eigenvalue weighted by Gasteiger charge is 2.43. The average Bonchev–Trinajstić information content (AvgIpc) is 3.88. The molecule has 3 heterocycles. The fourth-order valence-corrected chi connectivity index (χ4v) is 8.12. The van der Waals surface area contributed by atoms with E-state index in [9.17, 15) is 5.11 Å². The molecule has 8 aromatic rings. The van der Waals surface area contributed by atoms with Crippen molar-refractivity contribution in [3.05, 3.63) is 228 Å². The first-order valence-corrected chi connectivity index (χ1v) is 18.9. The van der Waals surface area contributed by atoms with E-state index in [2.05, 4.69) is 115 Å². The van der Waals surface area contributed by atoms with Gasteiger partial charge in [0.25, 0.3) is 0 Å². The number of anilines is 1. The summed E-state index contributed by atoms with van der Waals surface area (Å²) in [7, 11) is 0. The van der Waals surface area contributed by atoms with Crippen molar-refractivity contribution in [2.45, 2.75) is 36.0 Å². The molecule has 1 fully saturated rings. The minimum Gasteiger partial charge on any atom is -0.390 e. The SMILES string of the molecule is OC1CC(n2cnc3c(NC(c4ccccc4)(c4ccccc4)c4ccccc4)ncnc32)OC1COC(c1ccccc1)(c1ccccc1)c1ccccc1. The molecule has 3 unspecified atom stereocenters. The molecular weight excluding hydrogens is 695 g/mol. The third kappa shape index (κ3) is 6.33. The molecule has 1 aliphatic heterocycles. The number of aromatic nitrogens is 4. The molecule has 2 N–H and O–H groups in total. The van der Waals surface area contributed by atoms with Gasteiger partial charge >= 0.3 is 0 Å². The lowest BCUT2D eigenvalue weighted by Gasteiger charge is -2.37. The first-order valence-electron chi connectivity index (χ1n) is 18.9. The Balaban J connectivity index is 1.05. The van der Waals surface area contributed by atoms with Gasteiger partial charge in [-0.1, -0.05) is 182 Å². The molecule has 0 saturated carbocycles. The predicted molar refractivity (Wildman–Crippen MR) is 218 cm³/mol. The van der Waals surface area contributed by atoms with Gasteiger partial charge in [0.05, 0.1) is 19.0 Å². The predicted octanol–water partition coefficient (Wildman–Crippen LogP) is 8.89. The van der Waals surface area contributed by atoms with Crippen LogP contribution in [0.1, 0.15) is 46.0 Å². The molecule has 0 spiro atoms. The van der Waals surface area contributed by atoms with Gasteiger partial charge < -0.3 is 19.9 Å². The molecule has 0 amide bonds. The fourth-order valence-electron chi connectivity index (χ4n) is 8.12. The zero-order chi connectivity index (χ0) is 37.8. The zero-order valence-corrected chi connectivity index (χ0v) is 30.7. The molecule has 2 aromatic heterocycles. The third-order valence-corrected chi connectivity index (χ3v) is 10.8. The Morgan fingerprint density at radius 1 is 0.589 bits per heavy atom. The lowest BCUT2D eigenvalue weighted by atomic mass is 9.77. The van der Waals surface area contributed by atoms with Crippen LogP contribution in [0.5, 0.6) is 0 Å². The van der Waals surface area contributed by atoms with Crippen LogP contribution < -0.4 is 5.32 Å². The molecule has 56 heavy (non-hydrogen) atoms. The zero-order valence-electron chi connectivity index (χ0n) is 30.7. The smallest absolute Gasteiger partial charge is 0.167 e. The van der Waals surface area contributed by atoms with Crippen molar-refractivity contribution in [3.8, 4) is 0 Å². The minimum absolute atomic E-state index is 0.137.